The van der Waals surface area contributed by atoms with E-state index in [1.54, 1.807) is 31.0 Å². The highest BCUT2D eigenvalue weighted by Crippen LogP contribution is 2.39. The Labute approximate surface area is 174 Å². The summed E-state index contributed by atoms with van der Waals surface area (Å²) in [6, 6.07) is 14.9. The van der Waals surface area contributed by atoms with Gasteiger partial charge in [-0.25, -0.2) is 0 Å². The number of nitrogens with zero attached hydrogens (tertiary/aromatic N) is 1. The largest absolute Gasteiger partial charge is 0.383 e. The summed E-state index contributed by atoms with van der Waals surface area (Å²) in [4.78, 5) is 26.6. The molecule has 0 unspecified atom stereocenters. The van der Waals surface area contributed by atoms with Gasteiger partial charge in [0.2, 0.25) is 5.91 Å². The minimum Gasteiger partial charge on any atom is -0.383 e. The van der Waals surface area contributed by atoms with Crippen molar-refractivity contribution in [3.05, 3.63) is 70.2 Å². The molecule has 1 heterocycles. The Kier molecular flexibility index (Phi) is 6.99. The van der Waals surface area contributed by atoms with Crippen molar-refractivity contribution in [2.75, 3.05) is 19.5 Å². The van der Waals surface area contributed by atoms with Crippen LogP contribution in [0.2, 0.25) is 5.02 Å². The van der Waals surface area contributed by atoms with Crippen molar-refractivity contribution in [2.45, 2.75) is 24.9 Å². The monoisotopic (exact) mass is 418 g/mol. The normalized spacial score (nSPS) is 17.6. The summed E-state index contributed by atoms with van der Waals surface area (Å²) in [6.45, 7) is 2.89. The van der Waals surface area contributed by atoms with Gasteiger partial charge in [-0.05, 0) is 42.3 Å². The van der Waals surface area contributed by atoms with Crippen LogP contribution in [0.25, 0.3) is 0 Å². The van der Waals surface area contributed by atoms with E-state index in [0.717, 1.165) is 11.1 Å². The molecule has 0 aromatic heterocycles. The molecule has 7 heteroatoms. The summed E-state index contributed by atoms with van der Waals surface area (Å²) >= 11 is 7.55. The number of methoxy groups -OCH3 is 1. The summed E-state index contributed by atoms with van der Waals surface area (Å²) in [5.74, 6) is 0.430. The molecular formula is C21H23ClN2O3S. The van der Waals surface area contributed by atoms with Gasteiger partial charge in [0.1, 0.15) is 5.37 Å². The van der Waals surface area contributed by atoms with E-state index in [0.29, 0.717) is 29.5 Å². The van der Waals surface area contributed by atoms with Crippen LogP contribution in [0, 0.1) is 0 Å². The van der Waals surface area contributed by atoms with Gasteiger partial charge in [-0.1, -0.05) is 35.9 Å². The lowest BCUT2D eigenvalue weighted by molar-refractivity contribution is -0.128. The summed E-state index contributed by atoms with van der Waals surface area (Å²) in [5, 5.41) is 3.51. The SMILES string of the molecule is COC[C@@H](C)NC(=O)c1ccc([C@@H]2SCC(=O)N2Cc2ccc(Cl)cc2)cc1. The summed E-state index contributed by atoms with van der Waals surface area (Å²) < 4.78 is 5.04. The lowest BCUT2D eigenvalue weighted by Gasteiger charge is -2.24. The van der Waals surface area contributed by atoms with E-state index < -0.39 is 0 Å². The number of thioether (sulfide) groups is 1. The van der Waals surface area contributed by atoms with Gasteiger partial charge in [0, 0.05) is 30.3 Å². The zero-order chi connectivity index (χ0) is 20.1. The average Bonchev–Trinajstić information content (AvgIpc) is 3.04. The molecular weight excluding hydrogens is 396 g/mol. The van der Waals surface area contributed by atoms with Crippen LogP contribution in [0.4, 0.5) is 0 Å². The maximum Gasteiger partial charge on any atom is 0.251 e. The number of benzene rings is 2. The first-order valence-electron chi connectivity index (χ1n) is 9.03. The van der Waals surface area contributed by atoms with Crippen LogP contribution in [0.3, 0.4) is 0 Å². The number of halogens is 1. The van der Waals surface area contributed by atoms with Crippen LogP contribution in [0.15, 0.2) is 48.5 Å². The molecule has 1 aliphatic heterocycles. The van der Waals surface area contributed by atoms with Gasteiger partial charge in [-0.15, -0.1) is 11.8 Å². The molecule has 1 N–H and O–H groups in total. The number of amides is 2. The molecule has 28 heavy (non-hydrogen) atoms. The van der Waals surface area contributed by atoms with Crippen LogP contribution < -0.4 is 5.32 Å². The number of nitrogens with one attached hydrogen (secondary N) is 1. The van der Waals surface area contributed by atoms with Crippen molar-refractivity contribution in [3.8, 4) is 0 Å². The number of ether oxygens (including phenoxy) is 1. The molecule has 5 nitrogen and oxygen atoms in total. The third kappa shape index (κ3) is 5.07. The van der Waals surface area contributed by atoms with E-state index in [9.17, 15) is 9.59 Å². The molecule has 3 rings (SSSR count). The molecule has 148 valence electrons. The fourth-order valence-corrected chi connectivity index (χ4v) is 4.40. The molecule has 0 spiro atoms. The van der Waals surface area contributed by atoms with Crippen molar-refractivity contribution < 1.29 is 14.3 Å². The molecule has 2 atom stereocenters. The number of carbonyl (C=O) groups is 2. The first-order valence-corrected chi connectivity index (χ1v) is 10.5. The zero-order valence-corrected chi connectivity index (χ0v) is 17.4. The second-order valence-electron chi connectivity index (χ2n) is 6.76. The zero-order valence-electron chi connectivity index (χ0n) is 15.9. The van der Waals surface area contributed by atoms with Crippen LogP contribution in [-0.2, 0) is 16.1 Å². The molecule has 2 aromatic rings. The number of hydrogen-bond donors (Lipinski definition) is 1. The minimum atomic E-state index is -0.135. The van der Waals surface area contributed by atoms with Crippen LogP contribution in [-0.4, -0.2) is 42.2 Å². The third-order valence-corrected chi connectivity index (χ3v) is 5.99. The Hall–Kier alpha value is -2.02. The third-order valence-electron chi connectivity index (χ3n) is 4.49. The van der Waals surface area contributed by atoms with Gasteiger partial charge in [-0.2, -0.15) is 0 Å². The number of carbonyl (C=O) groups excluding carboxylic acids is 2. The fourth-order valence-electron chi connectivity index (χ4n) is 3.09. The van der Waals surface area contributed by atoms with Gasteiger partial charge < -0.3 is 15.0 Å². The molecule has 0 saturated carbocycles. The highest BCUT2D eigenvalue weighted by atomic mass is 35.5. The maximum absolute atomic E-state index is 12.4. The van der Waals surface area contributed by atoms with Gasteiger partial charge in [0.15, 0.2) is 0 Å². The molecule has 0 aliphatic carbocycles. The van der Waals surface area contributed by atoms with E-state index in [1.165, 1.54) is 0 Å². The quantitative estimate of drug-likeness (QED) is 0.741. The number of hydrogen-bond acceptors (Lipinski definition) is 4. The van der Waals surface area contributed by atoms with E-state index in [2.05, 4.69) is 5.32 Å². The predicted molar refractivity (Wildman–Crippen MR) is 112 cm³/mol. The molecule has 0 radical (unpaired) electrons. The van der Waals surface area contributed by atoms with Crippen molar-refractivity contribution in [1.29, 1.82) is 0 Å². The second-order valence-corrected chi connectivity index (χ2v) is 8.27. The Bertz CT molecular complexity index is 827. The second kappa shape index (κ2) is 9.45. The molecule has 1 saturated heterocycles. The summed E-state index contributed by atoms with van der Waals surface area (Å²) in [7, 11) is 1.60. The van der Waals surface area contributed by atoms with Crippen molar-refractivity contribution in [1.82, 2.24) is 10.2 Å². The van der Waals surface area contributed by atoms with Crippen LogP contribution >= 0.6 is 23.4 Å². The molecule has 2 aromatic carbocycles. The highest BCUT2D eigenvalue weighted by Gasteiger charge is 2.32. The first kappa shape index (κ1) is 20.7. The van der Waals surface area contributed by atoms with E-state index >= 15 is 0 Å². The van der Waals surface area contributed by atoms with Gasteiger partial charge in [0.25, 0.3) is 5.91 Å². The summed E-state index contributed by atoms with van der Waals surface area (Å²) in [5.41, 5.74) is 2.63. The van der Waals surface area contributed by atoms with Gasteiger partial charge in [0.05, 0.1) is 12.4 Å². The minimum absolute atomic E-state index is 0.0601. The number of rotatable bonds is 7. The standard InChI is InChI=1S/C21H23ClN2O3S/c1-14(12-27-2)23-20(26)16-5-7-17(8-6-16)21-24(19(25)13-28-21)11-15-3-9-18(22)10-4-15/h3-10,14,21H,11-13H2,1-2H3,(H,23,26)/t14-,21+/m1/s1. The maximum atomic E-state index is 12.4. The highest BCUT2D eigenvalue weighted by molar-refractivity contribution is 8.00. The smallest absolute Gasteiger partial charge is 0.251 e. The topological polar surface area (TPSA) is 58.6 Å². The Morgan fingerprint density at radius 1 is 1.25 bits per heavy atom. The van der Waals surface area contributed by atoms with Crippen molar-refractivity contribution >= 4 is 35.2 Å². The van der Waals surface area contributed by atoms with Crippen LogP contribution in [0.1, 0.15) is 33.8 Å². The molecule has 1 aliphatic rings. The lowest BCUT2D eigenvalue weighted by atomic mass is 10.1. The summed E-state index contributed by atoms with van der Waals surface area (Å²) in [6.07, 6.45) is 0. The molecule has 0 bridgehead atoms. The van der Waals surface area contributed by atoms with Gasteiger partial charge >= 0.3 is 0 Å². The Morgan fingerprint density at radius 3 is 2.57 bits per heavy atom. The predicted octanol–water partition coefficient (Wildman–Crippen LogP) is 3.88. The van der Waals surface area contributed by atoms with E-state index in [4.69, 9.17) is 16.3 Å². The van der Waals surface area contributed by atoms with E-state index in [-0.39, 0.29) is 23.2 Å². The lowest BCUT2D eigenvalue weighted by Crippen LogP contribution is -2.35. The average molecular weight is 419 g/mol. The van der Waals surface area contributed by atoms with Crippen molar-refractivity contribution in [2.24, 2.45) is 0 Å². The van der Waals surface area contributed by atoms with Crippen LogP contribution in [0.5, 0.6) is 0 Å². The Morgan fingerprint density at radius 2 is 1.93 bits per heavy atom. The van der Waals surface area contributed by atoms with E-state index in [1.807, 2.05) is 48.2 Å². The van der Waals surface area contributed by atoms with Crippen molar-refractivity contribution in [3.63, 3.8) is 0 Å². The van der Waals surface area contributed by atoms with Gasteiger partial charge in [-0.3, -0.25) is 9.59 Å². The molecule has 2 amide bonds. The molecule has 1 fully saturated rings. The first-order chi connectivity index (χ1) is 13.5. The fraction of sp³-hybridized carbons (Fsp3) is 0.333. The Balaban J connectivity index is 1.70.